The number of fused-ring (bicyclic) bond motifs is 10. The molecule has 0 N–H and O–H groups in total. The summed E-state index contributed by atoms with van der Waals surface area (Å²) in [7, 11) is 18.7. The van der Waals surface area contributed by atoms with E-state index in [1.807, 2.05) is 0 Å². The Labute approximate surface area is 359 Å². The molecule has 1 heterocycles. The lowest BCUT2D eigenvalue weighted by atomic mass is 9.59. The zero-order chi connectivity index (χ0) is 41.5. The minimum absolute atomic E-state index is 0.0922. The van der Waals surface area contributed by atoms with Gasteiger partial charge in [-0.15, -0.1) is 21.9 Å². The highest BCUT2D eigenvalue weighted by atomic mass is 16.3. The van der Waals surface area contributed by atoms with Crippen molar-refractivity contribution in [2.45, 2.75) is 19.3 Å². The van der Waals surface area contributed by atoms with E-state index in [4.69, 9.17) is 4.42 Å². The molecule has 0 radical (unpaired) electrons. The van der Waals surface area contributed by atoms with Crippen LogP contribution in [0, 0.1) is 0 Å². The minimum atomic E-state index is -0.0922. The van der Waals surface area contributed by atoms with Gasteiger partial charge in [-0.2, -0.15) is 0 Å². The van der Waals surface area contributed by atoms with Gasteiger partial charge in [0.25, 0.3) is 0 Å². The quantitative estimate of drug-likeness (QED) is 0.189. The van der Waals surface area contributed by atoms with E-state index < -0.39 is 0 Å². The molecule has 0 spiro atoms. The zero-order valence-electron chi connectivity index (χ0n) is 36.5. The molecular weight excluding hydrogens is 715 g/mol. The van der Waals surface area contributed by atoms with Crippen LogP contribution in [-0.2, 0) is 5.41 Å². The number of hydrogen-bond acceptors (Lipinski definition) is 1. The molecular formula is C51H42B8O. The predicted molar refractivity (Wildman–Crippen MR) is 286 cm³/mol. The molecule has 60 heavy (non-hydrogen) atoms. The van der Waals surface area contributed by atoms with E-state index in [1.165, 1.54) is 132 Å². The molecule has 0 bridgehead atoms. The first kappa shape index (κ1) is 37.1. The molecule has 11 rings (SSSR count). The number of rotatable bonds is 3. The van der Waals surface area contributed by atoms with E-state index in [-0.39, 0.29) is 5.41 Å². The average molecular weight is 757 g/mol. The van der Waals surface area contributed by atoms with Crippen molar-refractivity contribution in [3.05, 3.63) is 132 Å². The van der Waals surface area contributed by atoms with Crippen LogP contribution in [0.4, 0.5) is 0 Å². The van der Waals surface area contributed by atoms with Crippen LogP contribution in [0.15, 0.2) is 126 Å². The van der Waals surface area contributed by atoms with Gasteiger partial charge >= 0.3 is 0 Å². The fraction of sp³-hybridized carbons (Fsp3) is 0.0588. The Morgan fingerprint density at radius 3 is 1.55 bits per heavy atom. The number of hydrogen-bond donors (Lipinski definition) is 0. The van der Waals surface area contributed by atoms with Gasteiger partial charge in [0.15, 0.2) is 0 Å². The molecule has 0 atom stereocenters. The standard InChI is InChI=1S/C51H42B8O/c1-51(2)32-12-6-5-10-29(32)30-20-19-26(22-33(30)51)36-40-38(42(52)46(56)48(58)44(40)54)35(39-41(36)45(55)49(59)47(57)43(39)53)25-16-14-24(15-17-25)27-11-7-13-34-37(27)31-21-18-23-8-3-4-9-28(23)50(31)60-34/h3-22H,52-59H2,1-2H3. The fourth-order valence-corrected chi connectivity index (χ4v) is 11.2. The molecule has 1 aliphatic rings. The molecule has 10 aromatic rings. The maximum Gasteiger partial charge on any atom is 0.143 e. The summed E-state index contributed by atoms with van der Waals surface area (Å²) < 4.78 is 6.61. The van der Waals surface area contributed by atoms with Gasteiger partial charge in [0.1, 0.15) is 73.9 Å². The van der Waals surface area contributed by atoms with Crippen LogP contribution >= 0.6 is 0 Å². The molecule has 0 saturated heterocycles. The van der Waals surface area contributed by atoms with Crippen molar-refractivity contribution in [3.63, 3.8) is 0 Å². The molecule has 0 unspecified atom stereocenters. The van der Waals surface area contributed by atoms with E-state index in [0.717, 1.165) is 21.9 Å². The van der Waals surface area contributed by atoms with E-state index in [1.54, 1.807) is 0 Å². The van der Waals surface area contributed by atoms with Crippen LogP contribution in [0.1, 0.15) is 25.0 Å². The average Bonchev–Trinajstić information content (AvgIpc) is 3.77. The first-order chi connectivity index (χ1) is 28.9. The molecule has 1 nitrogen and oxygen atoms in total. The van der Waals surface area contributed by atoms with Crippen LogP contribution in [0.3, 0.4) is 0 Å². The predicted octanol–water partition coefficient (Wildman–Crippen LogP) is 0.420. The third-order valence-corrected chi connectivity index (χ3v) is 15.1. The highest BCUT2D eigenvalue weighted by Crippen LogP contribution is 2.51. The van der Waals surface area contributed by atoms with Crippen molar-refractivity contribution in [1.82, 2.24) is 0 Å². The van der Waals surface area contributed by atoms with Crippen LogP contribution in [0.5, 0.6) is 0 Å². The monoisotopic (exact) mass is 758 g/mol. The molecule has 0 fully saturated rings. The topological polar surface area (TPSA) is 13.1 Å². The molecule has 1 aromatic heterocycles. The van der Waals surface area contributed by atoms with Crippen molar-refractivity contribution in [2.75, 3.05) is 0 Å². The van der Waals surface area contributed by atoms with Gasteiger partial charge < -0.3 is 4.42 Å². The molecule has 0 saturated carbocycles. The van der Waals surface area contributed by atoms with E-state index in [2.05, 4.69) is 198 Å². The first-order valence-corrected chi connectivity index (χ1v) is 21.5. The Morgan fingerprint density at radius 1 is 0.383 bits per heavy atom. The van der Waals surface area contributed by atoms with Crippen molar-refractivity contribution in [3.8, 4) is 44.5 Å². The van der Waals surface area contributed by atoms with Crippen LogP contribution in [-0.4, -0.2) is 62.8 Å². The van der Waals surface area contributed by atoms with Crippen molar-refractivity contribution in [1.29, 1.82) is 0 Å². The normalized spacial score (nSPS) is 13.2. The van der Waals surface area contributed by atoms with Crippen molar-refractivity contribution >= 4 is 161 Å². The number of benzene rings is 9. The Bertz CT molecular complexity index is 3470. The van der Waals surface area contributed by atoms with Gasteiger partial charge in [-0.25, -0.2) is 0 Å². The third-order valence-electron chi connectivity index (χ3n) is 15.1. The van der Waals surface area contributed by atoms with Gasteiger partial charge in [0, 0.05) is 21.6 Å². The van der Waals surface area contributed by atoms with Crippen LogP contribution in [0.2, 0.25) is 0 Å². The van der Waals surface area contributed by atoms with Gasteiger partial charge in [-0.1, -0.05) is 139 Å². The van der Waals surface area contributed by atoms with Crippen LogP contribution < -0.4 is 43.7 Å². The second-order valence-electron chi connectivity index (χ2n) is 18.2. The lowest BCUT2D eigenvalue weighted by Crippen LogP contribution is -2.50. The highest BCUT2D eigenvalue weighted by Gasteiger charge is 2.36. The van der Waals surface area contributed by atoms with E-state index in [9.17, 15) is 0 Å². The highest BCUT2D eigenvalue weighted by molar-refractivity contribution is 6.71. The summed E-state index contributed by atoms with van der Waals surface area (Å²) in [5, 5.41) is 10.2. The molecule has 1 aliphatic carbocycles. The Kier molecular flexibility index (Phi) is 8.06. The molecule has 9 heteroatoms. The Hall–Kier alpha value is -5.92. The van der Waals surface area contributed by atoms with Gasteiger partial charge in [-0.3, -0.25) is 0 Å². The minimum Gasteiger partial charge on any atom is -0.455 e. The lowest BCUT2D eigenvalue weighted by Gasteiger charge is -2.29. The van der Waals surface area contributed by atoms with E-state index in [0.29, 0.717) is 0 Å². The summed E-state index contributed by atoms with van der Waals surface area (Å²) in [6.07, 6.45) is 0. The summed E-state index contributed by atoms with van der Waals surface area (Å²) in [6.45, 7) is 4.79. The van der Waals surface area contributed by atoms with Gasteiger partial charge in [-0.05, 0) is 101 Å². The molecule has 0 amide bonds. The SMILES string of the molecule is Bc1c(B)c(B)c2c(-c3ccc4c(c3)C(C)(C)c3ccccc3-4)c3c(B)c(B)c(B)c(B)c3c(-c3ccc(-c4cccc5oc6c7ccccc7ccc6c45)cc3)c2c1B. The van der Waals surface area contributed by atoms with Gasteiger partial charge in [0.05, 0.1) is 0 Å². The zero-order valence-corrected chi connectivity index (χ0v) is 36.5. The second-order valence-corrected chi connectivity index (χ2v) is 18.2. The second kappa shape index (κ2) is 13.0. The summed E-state index contributed by atoms with van der Waals surface area (Å²) in [6, 6.07) is 45.2. The first-order valence-electron chi connectivity index (χ1n) is 21.5. The summed E-state index contributed by atoms with van der Waals surface area (Å²) in [5.74, 6) is 0. The van der Waals surface area contributed by atoms with Crippen molar-refractivity contribution in [2.24, 2.45) is 0 Å². The fourth-order valence-electron chi connectivity index (χ4n) is 11.2. The van der Waals surface area contributed by atoms with E-state index >= 15 is 0 Å². The van der Waals surface area contributed by atoms with Gasteiger partial charge in [0.2, 0.25) is 0 Å². The maximum absolute atomic E-state index is 6.61. The van der Waals surface area contributed by atoms with Crippen LogP contribution in [0.25, 0.3) is 98.8 Å². The molecule has 9 aromatic carbocycles. The lowest BCUT2D eigenvalue weighted by molar-refractivity contribution is 0.660. The Balaban J connectivity index is 1.21. The van der Waals surface area contributed by atoms with Crippen molar-refractivity contribution < 1.29 is 4.42 Å². The molecule has 276 valence electrons. The molecule has 0 aliphatic heterocycles. The summed E-state index contributed by atoms with van der Waals surface area (Å²) in [4.78, 5) is 0. The smallest absolute Gasteiger partial charge is 0.143 e. The summed E-state index contributed by atoms with van der Waals surface area (Å²) >= 11 is 0. The maximum atomic E-state index is 6.61. The third kappa shape index (κ3) is 4.93. The Morgan fingerprint density at radius 2 is 0.900 bits per heavy atom. The number of furan rings is 1. The largest absolute Gasteiger partial charge is 0.455 e. The summed E-state index contributed by atoms with van der Waals surface area (Å²) in [5.41, 5.74) is 25.9.